The third kappa shape index (κ3) is 6.18. The summed E-state index contributed by atoms with van der Waals surface area (Å²) in [5, 5.41) is 1.68. The fourth-order valence-corrected chi connectivity index (χ4v) is 8.35. The highest BCUT2D eigenvalue weighted by Crippen LogP contribution is 2.52. The van der Waals surface area contributed by atoms with Crippen LogP contribution in [0, 0.1) is 0 Å². The lowest BCUT2D eigenvalue weighted by Gasteiger charge is -2.41. The number of sulfonamides is 1. The number of benzene rings is 2. The number of aromatic nitrogens is 1. The second-order valence-corrected chi connectivity index (χ2v) is 14.0. The van der Waals surface area contributed by atoms with E-state index in [2.05, 4.69) is 21.8 Å². The van der Waals surface area contributed by atoms with Crippen molar-refractivity contribution >= 4 is 39.4 Å². The van der Waals surface area contributed by atoms with E-state index in [-0.39, 0.29) is 45.0 Å². The molecule has 3 aliphatic rings. The summed E-state index contributed by atoms with van der Waals surface area (Å²) < 4.78 is 46.5. The van der Waals surface area contributed by atoms with Crippen LogP contribution >= 0.6 is 11.6 Å². The Labute approximate surface area is 284 Å². The molecule has 2 fully saturated rings. The van der Waals surface area contributed by atoms with Gasteiger partial charge >= 0.3 is 6.16 Å². The SMILES string of the molecule is CCOc1ncccc1C1(OC(=O)ON2CCC(N3CCN(C)CC3)CC2)C(=O)N(S(=O)(=O)c2ccccc2OC)c2ccc(Cl)cc21. The maximum absolute atomic E-state index is 14.9. The Kier molecular flexibility index (Phi) is 9.81. The maximum atomic E-state index is 14.9. The molecule has 13 nitrogen and oxygen atoms in total. The molecular weight excluding hydrogens is 662 g/mol. The lowest BCUT2D eigenvalue weighted by molar-refractivity contribution is -0.165. The first-order valence-corrected chi connectivity index (χ1v) is 17.6. The molecule has 6 rings (SSSR count). The van der Waals surface area contributed by atoms with Gasteiger partial charge in [0, 0.05) is 62.1 Å². The number of halogens is 1. The minimum Gasteiger partial charge on any atom is -0.495 e. The van der Waals surface area contributed by atoms with Gasteiger partial charge in [-0.15, -0.1) is 5.06 Å². The summed E-state index contributed by atoms with van der Waals surface area (Å²) in [4.78, 5) is 43.1. The zero-order chi connectivity index (χ0) is 34.1. The van der Waals surface area contributed by atoms with Crippen LogP contribution < -0.4 is 13.8 Å². The number of piperidine rings is 1. The van der Waals surface area contributed by atoms with E-state index in [4.69, 9.17) is 30.6 Å². The molecular formula is C33H38ClN5O8S. The van der Waals surface area contributed by atoms with Crippen LogP contribution in [0.3, 0.4) is 0 Å². The Bertz CT molecular complexity index is 1780. The molecule has 3 aromatic rings. The molecule has 0 radical (unpaired) electrons. The predicted octanol–water partition coefficient (Wildman–Crippen LogP) is 3.90. The number of anilines is 1. The number of hydrogen-bond acceptors (Lipinski definition) is 12. The topological polar surface area (TPSA) is 131 Å². The van der Waals surface area contributed by atoms with E-state index >= 15 is 0 Å². The van der Waals surface area contributed by atoms with E-state index < -0.39 is 27.7 Å². The minimum atomic E-state index is -4.64. The lowest BCUT2D eigenvalue weighted by Crippen LogP contribution is -2.52. The van der Waals surface area contributed by atoms with Gasteiger partial charge in [0.25, 0.3) is 21.5 Å². The molecule has 2 saturated heterocycles. The second-order valence-electron chi connectivity index (χ2n) is 11.8. The first-order valence-electron chi connectivity index (χ1n) is 15.8. The molecule has 1 unspecified atom stereocenters. The molecule has 256 valence electrons. The standard InChI is InChI=1S/C33H38ClN5O8S/c1-4-45-30-25(8-7-15-35-30)33(46-32(41)47-38-16-13-24(14-17-38)37-20-18-36(2)19-21-37)26-22-23(34)11-12-27(26)39(31(33)40)48(42,43)29-10-6-5-9-28(29)44-3/h5-12,15,22,24H,4,13-14,16-21H2,1-3H3. The smallest absolute Gasteiger partial charge is 0.495 e. The van der Waals surface area contributed by atoms with Gasteiger partial charge in [-0.1, -0.05) is 23.7 Å². The number of pyridine rings is 1. The van der Waals surface area contributed by atoms with Crippen molar-refractivity contribution in [2.45, 2.75) is 36.3 Å². The van der Waals surface area contributed by atoms with Gasteiger partial charge in [-0.05, 0) is 69.3 Å². The number of rotatable bonds is 9. The molecule has 1 amide bonds. The molecule has 4 heterocycles. The number of nitrogens with zero attached hydrogens (tertiary/aromatic N) is 5. The number of fused-ring (bicyclic) bond motifs is 1. The van der Waals surface area contributed by atoms with E-state index in [9.17, 15) is 18.0 Å². The van der Waals surface area contributed by atoms with Crippen LogP contribution in [-0.4, -0.2) is 106 Å². The first-order chi connectivity index (χ1) is 23.1. The summed E-state index contributed by atoms with van der Waals surface area (Å²) in [5.41, 5.74) is -2.46. The van der Waals surface area contributed by atoms with Crippen molar-refractivity contribution < 1.29 is 37.1 Å². The van der Waals surface area contributed by atoms with Crippen LogP contribution in [0.1, 0.15) is 30.9 Å². The molecule has 0 N–H and O–H groups in total. The Balaban J connectivity index is 1.37. The summed E-state index contributed by atoms with van der Waals surface area (Å²) in [7, 11) is -1.20. The van der Waals surface area contributed by atoms with E-state index in [1.165, 1.54) is 66.9 Å². The number of carbonyl (C=O) groups is 2. The molecule has 0 spiro atoms. The number of piperazine rings is 1. The van der Waals surface area contributed by atoms with E-state index in [0.29, 0.717) is 23.4 Å². The van der Waals surface area contributed by atoms with Crippen molar-refractivity contribution in [3.05, 3.63) is 76.9 Å². The molecule has 0 bridgehead atoms. The lowest BCUT2D eigenvalue weighted by atomic mass is 9.87. The van der Waals surface area contributed by atoms with Crippen molar-refractivity contribution in [3.63, 3.8) is 0 Å². The second kappa shape index (κ2) is 13.9. The van der Waals surface area contributed by atoms with E-state index in [1.54, 1.807) is 13.0 Å². The van der Waals surface area contributed by atoms with Crippen molar-refractivity contribution in [1.29, 1.82) is 0 Å². The molecule has 0 aliphatic carbocycles. The minimum absolute atomic E-state index is 0.00171. The average Bonchev–Trinajstić information content (AvgIpc) is 3.33. The largest absolute Gasteiger partial charge is 0.529 e. The van der Waals surface area contributed by atoms with Crippen LogP contribution in [0.15, 0.2) is 65.7 Å². The van der Waals surface area contributed by atoms with Crippen LogP contribution in [-0.2, 0) is 30.0 Å². The number of ether oxygens (including phenoxy) is 3. The normalized spacial score (nSPS) is 21.2. The highest BCUT2D eigenvalue weighted by Gasteiger charge is 2.61. The predicted molar refractivity (Wildman–Crippen MR) is 177 cm³/mol. The molecule has 0 saturated carbocycles. The quantitative estimate of drug-likeness (QED) is 0.300. The Morgan fingerprint density at radius 1 is 1.00 bits per heavy atom. The summed E-state index contributed by atoms with van der Waals surface area (Å²) in [6.45, 7) is 6.79. The summed E-state index contributed by atoms with van der Waals surface area (Å²) >= 11 is 6.46. The summed E-state index contributed by atoms with van der Waals surface area (Å²) in [5.74, 6) is -1.11. The molecule has 48 heavy (non-hydrogen) atoms. The fraction of sp³-hybridized carbons (Fsp3) is 0.424. The highest BCUT2D eigenvalue weighted by atomic mass is 35.5. The van der Waals surface area contributed by atoms with Crippen LogP contribution in [0.25, 0.3) is 0 Å². The highest BCUT2D eigenvalue weighted by molar-refractivity contribution is 7.93. The Morgan fingerprint density at radius 2 is 1.73 bits per heavy atom. The van der Waals surface area contributed by atoms with Crippen LogP contribution in [0.5, 0.6) is 11.6 Å². The molecule has 1 atom stereocenters. The van der Waals surface area contributed by atoms with Crippen molar-refractivity contribution in [2.75, 3.05) is 64.3 Å². The zero-order valence-electron chi connectivity index (χ0n) is 27.0. The number of amides is 1. The fourth-order valence-electron chi connectivity index (χ4n) is 6.56. The first kappa shape index (κ1) is 33.9. The Morgan fingerprint density at radius 3 is 2.44 bits per heavy atom. The van der Waals surface area contributed by atoms with Gasteiger partial charge in [0.1, 0.15) is 10.6 Å². The number of likely N-dealkylation sites (N-methyl/N-ethyl adjacent to an activating group) is 1. The van der Waals surface area contributed by atoms with Gasteiger partial charge in [0.05, 0.1) is 25.0 Å². The van der Waals surface area contributed by atoms with Gasteiger partial charge in [-0.3, -0.25) is 9.69 Å². The average molecular weight is 700 g/mol. The molecule has 1 aromatic heterocycles. The van der Waals surface area contributed by atoms with Crippen molar-refractivity contribution in [1.82, 2.24) is 19.8 Å². The van der Waals surface area contributed by atoms with Crippen molar-refractivity contribution in [3.8, 4) is 11.6 Å². The molecule has 3 aliphatic heterocycles. The maximum Gasteiger partial charge on any atom is 0.529 e. The number of methoxy groups -OCH3 is 1. The number of para-hydroxylation sites is 1. The van der Waals surface area contributed by atoms with E-state index in [0.717, 1.165) is 39.0 Å². The van der Waals surface area contributed by atoms with Crippen LogP contribution in [0.4, 0.5) is 10.5 Å². The van der Waals surface area contributed by atoms with Gasteiger partial charge < -0.3 is 23.9 Å². The van der Waals surface area contributed by atoms with Crippen molar-refractivity contribution in [2.24, 2.45) is 0 Å². The van der Waals surface area contributed by atoms with Gasteiger partial charge in [-0.2, -0.15) is 4.31 Å². The van der Waals surface area contributed by atoms with Gasteiger partial charge in [-0.25, -0.2) is 18.2 Å². The third-order valence-electron chi connectivity index (χ3n) is 8.98. The van der Waals surface area contributed by atoms with E-state index in [1.807, 2.05) is 0 Å². The molecule has 15 heteroatoms. The van der Waals surface area contributed by atoms with Crippen LogP contribution in [0.2, 0.25) is 5.02 Å². The number of hydrogen-bond donors (Lipinski definition) is 0. The third-order valence-corrected chi connectivity index (χ3v) is 11.0. The van der Waals surface area contributed by atoms with Gasteiger partial charge in [0.2, 0.25) is 5.88 Å². The summed E-state index contributed by atoms with van der Waals surface area (Å²) in [6, 6.07) is 13.5. The molecule has 2 aromatic carbocycles. The van der Waals surface area contributed by atoms with Gasteiger partial charge in [0.15, 0.2) is 0 Å². The zero-order valence-corrected chi connectivity index (χ0v) is 28.6. The Hall–Kier alpha value is -3.95. The number of carbonyl (C=O) groups excluding carboxylic acids is 2. The summed E-state index contributed by atoms with van der Waals surface area (Å²) in [6.07, 6.45) is 1.81. The monoisotopic (exact) mass is 699 g/mol. The number of hydroxylamine groups is 2.